The SMILES string of the molecule is CN1CCN(CCOCCOc2c(Cl)cccc2Cl)CC1.O=C(O)C(=O)O. The van der Waals surface area contributed by atoms with E-state index >= 15 is 0 Å². The van der Waals surface area contributed by atoms with Gasteiger partial charge in [0.05, 0.1) is 23.3 Å². The molecule has 1 aromatic carbocycles. The van der Waals surface area contributed by atoms with E-state index in [1.54, 1.807) is 18.2 Å². The van der Waals surface area contributed by atoms with Gasteiger partial charge in [0.2, 0.25) is 0 Å². The predicted molar refractivity (Wildman–Crippen MR) is 102 cm³/mol. The number of nitrogens with zero attached hydrogens (tertiary/aromatic N) is 2. The first-order valence-corrected chi connectivity index (χ1v) is 9.08. The molecule has 1 aliphatic heterocycles. The number of rotatable bonds is 7. The highest BCUT2D eigenvalue weighted by Gasteiger charge is 2.13. The van der Waals surface area contributed by atoms with Crippen LogP contribution in [0.2, 0.25) is 10.0 Å². The molecule has 8 nitrogen and oxygen atoms in total. The number of hydrogen-bond donors (Lipinski definition) is 2. The van der Waals surface area contributed by atoms with Gasteiger partial charge < -0.3 is 24.6 Å². The Morgan fingerprint density at radius 3 is 2.07 bits per heavy atom. The standard InChI is InChI=1S/C15H22Cl2N2O2.C2H2O4/c1-18-5-7-19(8-6-18)9-10-20-11-12-21-15-13(16)3-2-4-14(15)17;3-1(4)2(5)6/h2-4H,5-12H2,1H3;(H,3,4)(H,5,6). The fourth-order valence-electron chi connectivity index (χ4n) is 2.19. The Labute approximate surface area is 168 Å². The third-order valence-electron chi connectivity index (χ3n) is 3.72. The van der Waals surface area contributed by atoms with Crippen LogP contribution in [-0.2, 0) is 14.3 Å². The summed E-state index contributed by atoms with van der Waals surface area (Å²) in [6.45, 7) is 7.19. The second-order valence-corrected chi connectivity index (χ2v) is 6.58. The van der Waals surface area contributed by atoms with Gasteiger partial charge in [-0.1, -0.05) is 29.3 Å². The molecular weight excluding hydrogens is 399 g/mol. The summed E-state index contributed by atoms with van der Waals surface area (Å²) in [5.41, 5.74) is 0. The molecule has 0 saturated carbocycles. The number of carbonyl (C=O) groups is 2. The molecule has 2 rings (SSSR count). The number of hydrogen-bond acceptors (Lipinski definition) is 6. The lowest BCUT2D eigenvalue weighted by molar-refractivity contribution is -0.159. The first kappa shape index (κ1) is 23.5. The zero-order valence-corrected chi connectivity index (χ0v) is 16.6. The molecule has 1 saturated heterocycles. The molecule has 27 heavy (non-hydrogen) atoms. The van der Waals surface area contributed by atoms with Gasteiger partial charge in [0.15, 0.2) is 5.75 Å². The van der Waals surface area contributed by atoms with Crippen LogP contribution in [-0.4, -0.2) is 91.5 Å². The number of piperazine rings is 1. The summed E-state index contributed by atoms with van der Waals surface area (Å²) in [5.74, 6) is -3.12. The predicted octanol–water partition coefficient (Wildman–Crippen LogP) is 1.79. The van der Waals surface area contributed by atoms with E-state index < -0.39 is 11.9 Å². The Balaban J connectivity index is 0.000000527. The third kappa shape index (κ3) is 9.78. The van der Waals surface area contributed by atoms with E-state index in [9.17, 15) is 0 Å². The molecule has 1 aliphatic rings. The van der Waals surface area contributed by atoms with Crippen molar-refractivity contribution in [3.8, 4) is 5.75 Å². The Morgan fingerprint density at radius 1 is 1.00 bits per heavy atom. The van der Waals surface area contributed by atoms with Crippen LogP contribution in [0.4, 0.5) is 0 Å². The van der Waals surface area contributed by atoms with Crippen molar-refractivity contribution in [2.24, 2.45) is 0 Å². The second-order valence-electron chi connectivity index (χ2n) is 5.77. The molecule has 0 amide bonds. The lowest BCUT2D eigenvalue weighted by Gasteiger charge is -2.32. The molecule has 152 valence electrons. The van der Waals surface area contributed by atoms with Crippen LogP contribution in [0.1, 0.15) is 0 Å². The zero-order chi connectivity index (χ0) is 20.2. The Bertz CT molecular complexity index is 577. The highest BCUT2D eigenvalue weighted by Crippen LogP contribution is 2.32. The van der Waals surface area contributed by atoms with Crippen LogP contribution in [0, 0.1) is 0 Å². The van der Waals surface area contributed by atoms with Crippen molar-refractivity contribution in [1.29, 1.82) is 0 Å². The van der Waals surface area contributed by atoms with E-state index in [1.807, 2.05) is 0 Å². The Morgan fingerprint density at radius 2 is 1.56 bits per heavy atom. The highest BCUT2D eigenvalue weighted by molar-refractivity contribution is 6.37. The number of para-hydroxylation sites is 1. The van der Waals surface area contributed by atoms with Gasteiger partial charge in [0.1, 0.15) is 6.61 Å². The molecule has 10 heteroatoms. The van der Waals surface area contributed by atoms with Crippen molar-refractivity contribution in [3.05, 3.63) is 28.2 Å². The lowest BCUT2D eigenvalue weighted by Crippen LogP contribution is -2.45. The quantitative estimate of drug-likeness (QED) is 0.506. The molecule has 0 atom stereocenters. The summed E-state index contributed by atoms with van der Waals surface area (Å²) in [4.78, 5) is 23.0. The number of carboxylic acids is 2. The van der Waals surface area contributed by atoms with Crippen LogP contribution in [0.5, 0.6) is 5.75 Å². The first-order valence-electron chi connectivity index (χ1n) is 8.33. The minimum Gasteiger partial charge on any atom is -0.488 e. The zero-order valence-electron chi connectivity index (χ0n) is 15.1. The van der Waals surface area contributed by atoms with E-state index in [4.69, 9.17) is 52.5 Å². The normalized spacial score (nSPS) is 14.9. The Kier molecular flexibility index (Phi) is 11.1. The minimum absolute atomic E-state index is 0.451. The number of ether oxygens (including phenoxy) is 2. The summed E-state index contributed by atoms with van der Waals surface area (Å²) in [6.07, 6.45) is 0. The molecular formula is C17H24Cl2N2O6. The molecule has 1 aromatic rings. The van der Waals surface area contributed by atoms with E-state index in [2.05, 4.69) is 16.8 Å². The minimum atomic E-state index is -1.82. The van der Waals surface area contributed by atoms with Gasteiger partial charge >= 0.3 is 11.9 Å². The topological polar surface area (TPSA) is 99.5 Å². The number of halogens is 2. The van der Waals surface area contributed by atoms with E-state index in [1.165, 1.54) is 0 Å². The smallest absolute Gasteiger partial charge is 0.414 e. The lowest BCUT2D eigenvalue weighted by atomic mass is 10.3. The first-order chi connectivity index (χ1) is 12.8. The van der Waals surface area contributed by atoms with Crippen LogP contribution in [0.15, 0.2) is 18.2 Å². The molecule has 0 spiro atoms. The van der Waals surface area contributed by atoms with Crippen molar-refractivity contribution in [1.82, 2.24) is 9.80 Å². The monoisotopic (exact) mass is 422 g/mol. The molecule has 1 fully saturated rings. The van der Waals surface area contributed by atoms with Crippen molar-refractivity contribution >= 4 is 35.1 Å². The number of benzene rings is 1. The maximum atomic E-state index is 9.10. The Hall–Kier alpha value is -1.58. The maximum absolute atomic E-state index is 9.10. The summed E-state index contributed by atoms with van der Waals surface area (Å²) < 4.78 is 11.2. The fraction of sp³-hybridized carbons (Fsp3) is 0.529. The second kappa shape index (κ2) is 12.7. The van der Waals surface area contributed by atoms with Crippen molar-refractivity contribution in [2.45, 2.75) is 0 Å². The average molecular weight is 423 g/mol. The summed E-state index contributed by atoms with van der Waals surface area (Å²) in [6, 6.07) is 5.32. The van der Waals surface area contributed by atoms with Crippen molar-refractivity contribution < 1.29 is 29.3 Å². The van der Waals surface area contributed by atoms with E-state index in [0.29, 0.717) is 29.0 Å². The average Bonchev–Trinajstić information content (AvgIpc) is 2.62. The molecule has 0 radical (unpaired) electrons. The summed E-state index contributed by atoms with van der Waals surface area (Å²) in [5, 5.41) is 15.8. The van der Waals surface area contributed by atoms with Crippen LogP contribution < -0.4 is 4.74 Å². The number of aliphatic carboxylic acids is 2. The molecule has 1 heterocycles. The fourth-order valence-corrected chi connectivity index (χ4v) is 2.70. The molecule has 0 bridgehead atoms. The molecule has 0 unspecified atom stereocenters. The molecule has 0 aromatic heterocycles. The van der Waals surface area contributed by atoms with Crippen LogP contribution in [0.3, 0.4) is 0 Å². The van der Waals surface area contributed by atoms with Gasteiger partial charge in [-0.2, -0.15) is 0 Å². The van der Waals surface area contributed by atoms with Gasteiger partial charge in [0, 0.05) is 32.7 Å². The number of likely N-dealkylation sites (N-methyl/N-ethyl adjacent to an activating group) is 1. The summed E-state index contributed by atoms with van der Waals surface area (Å²) >= 11 is 12.0. The van der Waals surface area contributed by atoms with Crippen LogP contribution in [0.25, 0.3) is 0 Å². The number of carboxylic acid groups (broad SMARTS) is 2. The molecule has 0 aliphatic carbocycles. The van der Waals surface area contributed by atoms with Gasteiger partial charge in [-0.25, -0.2) is 9.59 Å². The summed E-state index contributed by atoms with van der Waals surface area (Å²) in [7, 11) is 2.16. The highest BCUT2D eigenvalue weighted by atomic mass is 35.5. The van der Waals surface area contributed by atoms with Crippen molar-refractivity contribution in [3.63, 3.8) is 0 Å². The third-order valence-corrected chi connectivity index (χ3v) is 4.32. The van der Waals surface area contributed by atoms with E-state index in [0.717, 1.165) is 39.3 Å². The van der Waals surface area contributed by atoms with Gasteiger partial charge in [-0.05, 0) is 19.2 Å². The largest absolute Gasteiger partial charge is 0.488 e. The molecule has 2 N–H and O–H groups in total. The van der Waals surface area contributed by atoms with Gasteiger partial charge in [0.25, 0.3) is 0 Å². The van der Waals surface area contributed by atoms with E-state index in [-0.39, 0.29) is 0 Å². The van der Waals surface area contributed by atoms with Gasteiger partial charge in [-0.3, -0.25) is 4.90 Å². The van der Waals surface area contributed by atoms with Crippen LogP contribution >= 0.6 is 23.2 Å². The maximum Gasteiger partial charge on any atom is 0.414 e. The van der Waals surface area contributed by atoms with Gasteiger partial charge in [-0.15, -0.1) is 0 Å². The van der Waals surface area contributed by atoms with Crippen molar-refractivity contribution in [2.75, 3.05) is 59.6 Å².